The number of aromatic nitrogens is 3. The smallest absolute Gasteiger partial charge is 0.174 e. The van der Waals surface area contributed by atoms with Crippen LogP contribution in [-0.4, -0.2) is 19.6 Å². The molecule has 3 aromatic heterocycles. The molecule has 1 saturated heterocycles. The second-order valence-corrected chi connectivity index (χ2v) is 7.72. The predicted octanol–water partition coefficient (Wildman–Crippen LogP) is 4.75. The lowest BCUT2D eigenvalue weighted by atomic mass is 10.0. The van der Waals surface area contributed by atoms with E-state index >= 15 is 0 Å². The second kappa shape index (κ2) is 7.72. The number of para-hydroxylation sites is 1. The Morgan fingerprint density at radius 3 is 2.47 bits per heavy atom. The average molecular weight is 412 g/mol. The summed E-state index contributed by atoms with van der Waals surface area (Å²) in [5, 5.41) is 4.19. The highest BCUT2D eigenvalue weighted by molar-refractivity contribution is 7.80. The number of nitrogens with one attached hydrogen (secondary N) is 1. The molecule has 2 unspecified atom stereocenters. The fourth-order valence-electron chi connectivity index (χ4n) is 3.97. The van der Waals surface area contributed by atoms with Gasteiger partial charge in [0.25, 0.3) is 0 Å². The lowest BCUT2D eigenvalue weighted by molar-refractivity contribution is 0.548. The molecule has 0 aliphatic carbocycles. The van der Waals surface area contributed by atoms with E-state index in [1.165, 1.54) is 0 Å². The Kier molecular flexibility index (Phi) is 4.77. The topological polar surface area (TPSA) is 46.0 Å². The van der Waals surface area contributed by atoms with Gasteiger partial charge in [-0.1, -0.05) is 30.3 Å². The van der Waals surface area contributed by atoms with Gasteiger partial charge in [0, 0.05) is 30.0 Å². The Balaban J connectivity index is 1.66. The highest BCUT2D eigenvalue weighted by atomic mass is 32.1. The molecule has 1 aromatic carbocycles. The number of nitrogens with zero attached hydrogens (tertiary/aromatic N) is 4. The van der Waals surface area contributed by atoms with Crippen LogP contribution in [0.5, 0.6) is 0 Å². The standard InChI is InChI=1S/C24H21N5S/c1-17-12-13-21(26-16-17)28-15-7-11-20(28)23-22(19-10-5-6-14-25-19)27-24(30)29(23)18-8-3-2-4-9-18/h2-16,22-23H,1H3,(H,27,30). The molecule has 0 amide bonds. The van der Waals surface area contributed by atoms with Crippen LogP contribution in [0.3, 0.4) is 0 Å². The van der Waals surface area contributed by atoms with E-state index in [0.29, 0.717) is 5.11 Å². The summed E-state index contributed by atoms with van der Waals surface area (Å²) < 4.78 is 2.13. The fourth-order valence-corrected chi connectivity index (χ4v) is 4.31. The molecule has 0 bridgehead atoms. The van der Waals surface area contributed by atoms with Gasteiger partial charge in [-0.3, -0.25) is 4.98 Å². The van der Waals surface area contributed by atoms with Crippen LogP contribution in [0.25, 0.3) is 5.82 Å². The number of anilines is 1. The van der Waals surface area contributed by atoms with Crippen molar-refractivity contribution in [2.24, 2.45) is 0 Å². The van der Waals surface area contributed by atoms with Crippen molar-refractivity contribution in [3.63, 3.8) is 0 Å². The predicted molar refractivity (Wildman–Crippen MR) is 123 cm³/mol. The third-order valence-electron chi connectivity index (χ3n) is 5.36. The van der Waals surface area contributed by atoms with Crippen molar-refractivity contribution in [2.75, 3.05) is 4.90 Å². The summed E-state index contributed by atoms with van der Waals surface area (Å²) in [6, 6.07) is 24.4. The molecular formula is C24H21N5S. The lowest BCUT2D eigenvalue weighted by Crippen LogP contribution is -2.30. The summed E-state index contributed by atoms with van der Waals surface area (Å²) in [4.78, 5) is 11.4. The minimum atomic E-state index is -0.0852. The van der Waals surface area contributed by atoms with Gasteiger partial charge in [-0.25, -0.2) is 4.98 Å². The molecule has 1 N–H and O–H groups in total. The maximum absolute atomic E-state index is 5.79. The van der Waals surface area contributed by atoms with Crippen LogP contribution in [0.2, 0.25) is 0 Å². The van der Waals surface area contributed by atoms with Crippen LogP contribution < -0.4 is 10.2 Å². The Bertz CT molecular complexity index is 1160. The molecule has 1 fully saturated rings. The van der Waals surface area contributed by atoms with Crippen molar-refractivity contribution >= 4 is 23.0 Å². The summed E-state index contributed by atoms with van der Waals surface area (Å²) in [5.41, 5.74) is 4.22. The first-order valence-corrected chi connectivity index (χ1v) is 10.3. The van der Waals surface area contributed by atoms with Gasteiger partial charge in [-0.05, 0) is 67.2 Å². The monoisotopic (exact) mass is 411 g/mol. The van der Waals surface area contributed by atoms with E-state index in [1.54, 1.807) is 0 Å². The molecule has 0 radical (unpaired) electrons. The van der Waals surface area contributed by atoms with Gasteiger partial charge in [0.1, 0.15) is 11.9 Å². The van der Waals surface area contributed by atoms with Crippen LogP contribution >= 0.6 is 12.2 Å². The third-order valence-corrected chi connectivity index (χ3v) is 5.67. The zero-order valence-electron chi connectivity index (χ0n) is 16.5. The Morgan fingerprint density at radius 2 is 1.73 bits per heavy atom. The molecule has 2 atom stereocenters. The maximum Gasteiger partial charge on any atom is 0.174 e. The first kappa shape index (κ1) is 18.5. The molecule has 4 aromatic rings. The van der Waals surface area contributed by atoms with Crippen molar-refractivity contribution < 1.29 is 0 Å². The van der Waals surface area contributed by atoms with Gasteiger partial charge in [-0.15, -0.1) is 0 Å². The minimum Gasteiger partial charge on any atom is -0.351 e. The highest BCUT2D eigenvalue weighted by Gasteiger charge is 2.42. The van der Waals surface area contributed by atoms with Gasteiger partial charge < -0.3 is 14.8 Å². The van der Waals surface area contributed by atoms with Gasteiger partial charge in [0.15, 0.2) is 5.11 Å². The number of rotatable bonds is 4. The Morgan fingerprint density at radius 1 is 0.900 bits per heavy atom. The molecule has 4 heterocycles. The molecule has 30 heavy (non-hydrogen) atoms. The van der Waals surface area contributed by atoms with Crippen molar-refractivity contribution in [1.82, 2.24) is 19.9 Å². The maximum atomic E-state index is 5.79. The Labute approximate surface area is 181 Å². The van der Waals surface area contributed by atoms with E-state index in [2.05, 4.69) is 55.1 Å². The summed E-state index contributed by atoms with van der Waals surface area (Å²) >= 11 is 5.79. The molecule has 6 heteroatoms. The summed E-state index contributed by atoms with van der Waals surface area (Å²) in [7, 11) is 0. The van der Waals surface area contributed by atoms with Crippen LogP contribution in [0.4, 0.5) is 5.69 Å². The molecule has 1 aliphatic heterocycles. The Hall–Kier alpha value is -3.51. The van der Waals surface area contributed by atoms with E-state index in [0.717, 1.165) is 28.5 Å². The van der Waals surface area contributed by atoms with E-state index in [4.69, 9.17) is 12.2 Å². The molecule has 5 nitrogen and oxygen atoms in total. The SMILES string of the molecule is Cc1ccc(-n2cccc2C2C(c3ccccn3)NC(=S)N2c2ccccc2)nc1. The van der Waals surface area contributed by atoms with Gasteiger partial charge in [0.2, 0.25) is 0 Å². The molecule has 148 valence electrons. The van der Waals surface area contributed by atoms with Gasteiger partial charge in [0.05, 0.1) is 11.7 Å². The molecule has 1 aliphatic rings. The van der Waals surface area contributed by atoms with E-state index < -0.39 is 0 Å². The average Bonchev–Trinajstić information content (AvgIpc) is 3.40. The first-order valence-electron chi connectivity index (χ1n) is 9.88. The fraction of sp³-hybridized carbons (Fsp3) is 0.125. The normalized spacial score (nSPS) is 18.4. The van der Waals surface area contributed by atoms with Crippen molar-refractivity contribution in [3.05, 3.63) is 108 Å². The summed E-state index contributed by atoms with van der Waals surface area (Å²) in [6.45, 7) is 2.04. The number of aryl methyl sites for hydroxylation is 1. The van der Waals surface area contributed by atoms with Crippen molar-refractivity contribution in [3.8, 4) is 5.82 Å². The van der Waals surface area contributed by atoms with Crippen molar-refractivity contribution in [1.29, 1.82) is 0 Å². The zero-order valence-corrected chi connectivity index (χ0v) is 17.3. The van der Waals surface area contributed by atoms with Crippen molar-refractivity contribution in [2.45, 2.75) is 19.0 Å². The molecule has 0 saturated carbocycles. The van der Waals surface area contributed by atoms with Gasteiger partial charge >= 0.3 is 0 Å². The van der Waals surface area contributed by atoms with E-state index in [-0.39, 0.29) is 12.1 Å². The van der Waals surface area contributed by atoms with E-state index in [1.807, 2.05) is 68.0 Å². The number of benzene rings is 1. The molecular weight excluding hydrogens is 390 g/mol. The summed E-state index contributed by atoms with van der Waals surface area (Å²) in [5.74, 6) is 0.881. The first-order chi connectivity index (χ1) is 14.7. The quantitative estimate of drug-likeness (QED) is 0.491. The third kappa shape index (κ3) is 3.25. The molecule has 0 spiro atoms. The van der Waals surface area contributed by atoms with E-state index in [9.17, 15) is 0 Å². The minimum absolute atomic E-state index is 0.0760. The highest BCUT2D eigenvalue weighted by Crippen LogP contribution is 2.41. The lowest BCUT2D eigenvalue weighted by Gasteiger charge is -2.28. The zero-order chi connectivity index (χ0) is 20.5. The molecule has 5 rings (SSSR count). The van der Waals surface area contributed by atoms with Crippen LogP contribution in [0, 0.1) is 6.92 Å². The number of hydrogen-bond donors (Lipinski definition) is 1. The van der Waals surface area contributed by atoms with Crippen LogP contribution in [0.15, 0.2) is 91.4 Å². The van der Waals surface area contributed by atoms with Gasteiger partial charge in [-0.2, -0.15) is 0 Å². The second-order valence-electron chi connectivity index (χ2n) is 7.33. The number of thiocarbonyl (C=S) groups is 1. The van der Waals surface area contributed by atoms with Crippen LogP contribution in [-0.2, 0) is 0 Å². The van der Waals surface area contributed by atoms with Crippen LogP contribution in [0.1, 0.15) is 29.0 Å². The summed E-state index contributed by atoms with van der Waals surface area (Å²) in [6.07, 6.45) is 5.76. The number of pyridine rings is 2. The number of hydrogen-bond acceptors (Lipinski definition) is 3. The largest absolute Gasteiger partial charge is 0.351 e.